The van der Waals surface area contributed by atoms with Gasteiger partial charge < -0.3 is 10.2 Å². The van der Waals surface area contributed by atoms with Gasteiger partial charge >= 0.3 is 0 Å². The average molecular weight is 280 g/mol. The van der Waals surface area contributed by atoms with Crippen molar-refractivity contribution < 1.29 is 10.2 Å². The smallest absolute Gasteiger partial charge is 0.109 e. The lowest BCUT2D eigenvalue weighted by atomic mass is 9.82. The van der Waals surface area contributed by atoms with Crippen molar-refractivity contribution in [1.29, 1.82) is 0 Å². The van der Waals surface area contributed by atoms with E-state index in [2.05, 4.69) is 24.3 Å². The summed E-state index contributed by atoms with van der Waals surface area (Å²) in [6.07, 6.45) is 4.93. The summed E-state index contributed by atoms with van der Waals surface area (Å²) in [5.74, 6) is 0. The highest BCUT2D eigenvalue weighted by Gasteiger charge is 2.26. The van der Waals surface area contributed by atoms with E-state index in [1.54, 1.807) is 6.08 Å². The molecule has 0 spiro atoms. The van der Waals surface area contributed by atoms with E-state index in [0.29, 0.717) is 0 Å². The van der Waals surface area contributed by atoms with Gasteiger partial charge in [-0.2, -0.15) is 0 Å². The predicted molar refractivity (Wildman–Crippen MR) is 85.2 cm³/mol. The van der Waals surface area contributed by atoms with Gasteiger partial charge in [-0.1, -0.05) is 12.1 Å². The topological polar surface area (TPSA) is 40.5 Å². The van der Waals surface area contributed by atoms with E-state index >= 15 is 0 Å². The molecule has 2 aliphatic rings. The molecule has 2 aromatic carbocycles. The van der Waals surface area contributed by atoms with Crippen molar-refractivity contribution in [3.8, 4) is 0 Å². The molecule has 0 saturated heterocycles. The van der Waals surface area contributed by atoms with Gasteiger partial charge in [0.2, 0.25) is 0 Å². The number of hydrogen-bond donors (Lipinski definition) is 2. The van der Waals surface area contributed by atoms with Crippen LogP contribution in [0.15, 0.2) is 30.3 Å². The zero-order chi connectivity index (χ0) is 14.6. The molecule has 4 rings (SSSR count). The molecule has 0 fully saturated rings. The molecule has 0 bridgehead atoms. The lowest BCUT2D eigenvalue weighted by molar-refractivity contribution is 0.0466. The molecule has 0 amide bonds. The fourth-order valence-electron chi connectivity index (χ4n) is 3.85. The number of allylic oxidation sites excluding steroid dienone is 1. The van der Waals surface area contributed by atoms with Crippen LogP contribution in [0.1, 0.15) is 48.1 Å². The molecule has 0 radical (unpaired) electrons. The van der Waals surface area contributed by atoms with E-state index < -0.39 is 12.2 Å². The van der Waals surface area contributed by atoms with Gasteiger partial charge in [0.05, 0.1) is 0 Å². The molecular formula is C19H20O2. The van der Waals surface area contributed by atoms with Gasteiger partial charge in [-0.05, 0) is 89.4 Å². The standard InChI is InChI=1S/C19H20O2/c1-11-8-18(20)19(21)17-10-16-13(9-15(11)17)7-6-12-4-2-3-5-14(12)16/h6-10,18-21H,2-5H2,1H3. The van der Waals surface area contributed by atoms with Crippen LogP contribution in [-0.4, -0.2) is 16.3 Å². The van der Waals surface area contributed by atoms with Gasteiger partial charge in [0.1, 0.15) is 12.2 Å². The zero-order valence-electron chi connectivity index (χ0n) is 12.3. The maximum absolute atomic E-state index is 10.3. The Bertz CT molecular complexity index is 758. The number of aliphatic hydroxyl groups excluding tert-OH is 2. The van der Waals surface area contributed by atoms with Crippen LogP contribution in [0.3, 0.4) is 0 Å². The van der Waals surface area contributed by atoms with E-state index in [1.165, 1.54) is 34.7 Å². The summed E-state index contributed by atoms with van der Waals surface area (Å²) in [4.78, 5) is 0. The first kappa shape index (κ1) is 13.1. The van der Waals surface area contributed by atoms with Gasteiger partial charge in [0, 0.05) is 0 Å². The van der Waals surface area contributed by atoms with Crippen LogP contribution in [0.25, 0.3) is 16.3 Å². The SMILES string of the molecule is CC1=CC(O)C(O)c2cc3c4c(ccc3cc21)CCCC4. The molecule has 2 atom stereocenters. The van der Waals surface area contributed by atoms with E-state index in [0.717, 1.165) is 29.5 Å². The maximum Gasteiger partial charge on any atom is 0.109 e. The van der Waals surface area contributed by atoms with Gasteiger partial charge in [-0.15, -0.1) is 0 Å². The first-order chi connectivity index (χ1) is 10.1. The summed E-state index contributed by atoms with van der Waals surface area (Å²) in [6.45, 7) is 2.00. The average Bonchev–Trinajstić information content (AvgIpc) is 2.51. The summed E-state index contributed by atoms with van der Waals surface area (Å²) in [5.41, 5.74) is 5.87. The van der Waals surface area contributed by atoms with Gasteiger partial charge in [0.15, 0.2) is 0 Å². The monoisotopic (exact) mass is 280 g/mol. The second-order valence-corrected chi connectivity index (χ2v) is 6.36. The molecule has 0 aliphatic heterocycles. The normalized spacial score (nSPS) is 24.4. The Balaban J connectivity index is 2.01. The highest BCUT2D eigenvalue weighted by atomic mass is 16.3. The van der Waals surface area contributed by atoms with Crippen molar-refractivity contribution in [2.24, 2.45) is 0 Å². The van der Waals surface area contributed by atoms with Gasteiger partial charge in [-0.3, -0.25) is 0 Å². The van der Waals surface area contributed by atoms with E-state index in [-0.39, 0.29) is 0 Å². The minimum atomic E-state index is -0.812. The number of fused-ring (bicyclic) bond motifs is 4. The highest BCUT2D eigenvalue weighted by Crippen LogP contribution is 2.38. The van der Waals surface area contributed by atoms with E-state index in [4.69, 9.17) is 0 Å². The van der Waals surface area contributed by atoms with Crippen molar-refractivity contribution in [3.05, 3.63) is 52.6 Å². The van der Waals surface area contributed by atoms with Crippen molar-refractivity contribution in [3.63, 3.8) is 0 Å². The van der Waals surface area contributed by atoms with Crippen LogP contribution in [0, 0.1) is 0 Å². The number of benzene rings is 2. The number of hydrogen-bond acceptors (Lipinski definition) is 2. The molecule has 2 aliphatic carbocycles. The van der Waals surface area contributed by atoms with Crippen molar-refractivity contribution >= 4 is 16.3 Å². The van der Waals surface area contributed by atoms with Gasteiger partial charge in [0.25, 0.3) is 0 Å². The molecule has 0 heterocycles. The molecule has 2 unspecified atom stereocenters. The quantitative estimate of drug-likeness (QED) is 0.775. The molecule has 0 saturated carbocycles. The molecule has 0 aromatic heterocycles. The Labute approximate surface area is 124 Å². The maximum atomic E-state index is 10.3. The predicted octanol–water partition coefficient (Wildman–Crippen LogP) is 3.53. The Morgan fingerprint density at radius 2 is 1.86 bits per heavy atom. The summed E-state index contributed by atoms with van der Waals surface area (Å²) >= 11 is 0. The van der Waals surface area contributed by atoms with Gasteiger partial charge in [-0.25, -0.2) is 0 Å². The minimum Gasteiger partial charge on any atom is -0.386 e. The molecule has 2 heteroatoms. The molecule has 2 aromatic rings. The van der Waals surface area contributed by atoms with Crippen LogP contribution in [-0.2, 0) is 12.8 Å². The van der Waals surface area contributed by atoms with Crippen LogP contribution in [0.4, 0.5) is 0 Å². The van der Waals surface area contributed by atoms with Crippen molar-refractivity contribution in [2.45, 2.75) is 44.8 Å². The number of aryl methyl sites for hydroxylation is 2. The van der Waals surface area contributed by atoms with Crippen LogP contribution >= 0.6 is 0 Å². The molecule has 21 heavy (non-hydrogen) atoms. The first-order valence-corrected chi connectivity index (χ1v) is 7.78. The molecular weight excluding hydrogens is 260 g/mol. The van der Waals surface area contributed by atoms with Crippen molar-refractivity contribution in [2.75, 3.05) is 0 Å². The zero-order valence-corrected chi connectivity index (χ0v) is 12.3. The second-order valence-electron chi connectivity index (χ2n) is 6.36. The summed E-state index contributed by atoms with van der Waals surface area (Å²) in [7, 11) is 0. The van der Waals surface area contributed by atoms with Crippen LogP contribution in [0.2, 0.25) is 0 Å². The Morgan fingerprint density at radius 1 is 1.05 bits per heavy atom. The largest absolute Gasteiger partial charge is 0.386 e. The third-order valence-electron chi connectivity index (χ3n) is 5.01. The summed E-state index contributed by atoms with van der Waals surface area (Å²) in [6, 6.07) is 8.74. The van der Waals surface area contributed by atoms with E-state index in [1.807, 2.05) is 6.92 Å². The fraction of sp³-hybridized carbons (Fsp3) is 0.368. The van der Waals surface area contributed by atoms with E-state index in [9.17, 15) is 10.2 Å². The lowest BCUT2D eigenvalue weighted by Gasteiger charge is -2.27. The Kier molecular flexibility index (Phi) is 2.91. The summed E-state index contributed by atoms with van der Waals surface area (Å²) in [5, 5.41) is 22.8. The van der Waals surface area contributed by atoms with Crippen molar-refractivity contribution in [1.82, 2.24) is 0 Å². The summed E-state index contributed by atoms with van der Waals surface area (Å²) < 4.78 is 0. The van der Waals surface area contributed by atoms with Crippen LogP contribution < -0.4 is 0 Å². The van der Waals surface area contributed by atoms with Crippen LogP contribution in [0.5, 0.6) is 0 Å². The lowest BCUT2D eigenvalue weighted by Crippen LogP contribution is -2.21. The Hall–Kier alpha value is -1.64. The highest BCUT2D eigenvalue weighted by molar-refractivity contribution is 5.91. The first-order valence-electron chi connectivity index (χ1n) is 7.78. The third kappa shape index (κ3) is 1.94. The second kappa shape index (κ2) is 4.69. The number of rotatable bonds is 0. The third-order valence-corrected chi connectivity index (χ3v) is 5.01. The molecule has 2 nitrogen and oxygen atoms in total. The number of aliphatic hydroxyl groups is 2. The molecule has 108 valence electrons. The molecule has 2 N–H and O–H groups in total. The fourth-order valence-corrected chi connectivity index (χ4v) is 3.85. The minimum absolute atomic E-state index is 0.797. The Morgan fingerprint density at radius 3 is 2.71 bits per heavy atom.